The Morgan fingerprint density at radius 3 is 2.90 bits per heavy atom. The molecule has 0 atom stereocenters. The van der Waals surface area contributed by atoms with Gasteiger partial charge in [-0.25, -0.2) is 15.0 Å². The fraction of sp³-hybridized carbons (Fsp3) is 0.385. The van der Waals surface area contributed by atoms with Crippen LogP contribution in [0.15, 0.2) is 24.9 Å². The van der Waals surface area contributed by atoms with Crippen LogP contribution in [0.25, 0.3) is 0 Å². The smallest absolute Gasteiger partial charge is 0.272 e. The Bertz CT molecular complexity index is 595. The average Bonchev–Trinajstić information content (AvgIpc) is 2.99. The molecule has 112 valence electrons. The van der Waals surface area contributed by atoms with E-state index >= 15 is 0 Å². The molecule has 0 saturated heterocycles. The van der Waals surface area contributed by atoms with E-state index in [2.05, 4.69) is 25.7 Å². The molecule has 2 aromatic rings. The Labute approximate surface area is 122 Å². The number of hydrogen-bond donors (Lipinski definition) is 3. The number of carbonyl (C=O) groups is 1. The maximum Gasteiger partial charge on any atom is 0.272 e. The number of aromatic nitrogens is 4. The summed E-state index contributed by atoms with van der Waals surface area (Å²) >= 11 is 0. The van der Waals surface area contributed by atoms with Crippen LogP contribution in [0.3, 0.4) is 0 Å². The highest BCUT2D eigenvalue weighted by Crippen LogP contribution is 2.15. The number of carbonyl (C=O) groups excluding carboxylic acids is 1. The summed E-state index contributed by atoms with van der Waals surface area (Å²) < 4.78 is 1.88. The summed E-state index contributed by atoms with van der Waals surface area (Å²) in [5.74, 6) is 5.85. The van der Waals surface area contributed by atoms with Crippen LogP contribution >= 0.6 is 0 Å². The fourth-order valence-corrected chi connectivity index (χ4v) is 1.75. The molecule has 2 aromatic heterocycles. The maximum absolute atomic E-state index is 12.2. The summed E-state index contributed by atoms with van der Waals surface area (Å²) in [5, 5.41) is 2.80. The first-order valence-corrected chi connectivity index (χ1v) is 6.69. The van der Waals surface area contributed by atoms with Crippen molar-refractivity contribution in [2.45, 2.75) is 26.3 Å². The van der Waals surface area contributed by atoms with Crippen molar-refractivity contribution in [2.75, 3.05) is 12.0 Å². The van der Waals surface area contributed by atoms with E-state index in [0.717, 1.165) is 0 Å². The van der Waals surface area contributed by atoms with Gasteiger partial charge in [0.1, 0.15) is 5.82 Å². The summed E-state index contributed by atoms with van der Waals surface area (Å²) in [7, 11) is 0. The molecule has 0 saturated carbocycles. The standard InChI is InChI=1S/C13H19N7O/c1-9(2)12-17-7-10(19-14)11(18-12)13(21)16-4-6-20-5-3-15-8-20/h3,5,7-9,19H,4,6,14H2,1-2H3,(H,16,21). The molecule has 0 spiro atoms. The number of amides is 1. The minimum Gasteiger partial charge on any atom is -0.349 e. The predicted octanol–water partition coefficient (Wildman–Crippen LogP) is 0.512. The number of hydrazine groups is 1. The molecule has 2 heterocycles. The first kappa shape index (κ1) is 14.9. The van der Waals surface area contributed by atoms with Crippen LogP contribution < -0.4 is 16.6 Å². The van der Waals surface area contributed by atoms with Crippen molar-refractivity contribution in [3.05, 3.63) is 36.4 Å². The van der Waals surface area contributed by atoms with Gasteiger partial charge in [0, 0.05) is 31.4 Å². The molecule has 8 heteroatoms. The average molecular weight is 289 g/mol. The lowest BCUT2D eigenvalue weighted by molar-refractivity contribution is 0.0947. The Balaban J connectivity index is 2.04. The van der Waals surface area contributed by atoms with Gasteiger partial charge in [0.05, 0.1) is 18.2 Å². The second kappa shape index (κ2) is 6.80. The number of nitrogens with one attached hydrogen (secondary N) is 2. The minimum absolute atomic E-state index is 0.134. The number of nitrogens with two attached hydrogens (primary N) is 1. The third-order valence-electron chi connectivity index (χ3n) is 2.91. The molecule has 0 aromatic carbocycles. The van der Waals surface area contributed by atoms with Crippen LogP contribution in [-0.2, 0) is 6.54 Å². The van der Waals surface area contributed by atoms with Gasteiger partial charge in [0.25, 0.3) is 5.91 Å². The summed E-state index contributed by atoms with van der Waals surface area (Å²) in [6, 6.07) is 0. The van der Waals surface area contributed by atoms with Crippen LogP contribution in [0.2, 0.25) is 0 Å². The van der Waals surface area contributed by atoms with Gasteiger partial charge in [-0.2, -0.15) is 0 Å². The Morgan fingerprint density at radius 2 is 2.29 bits per heavy atom. The quantitative estimate of drug-likeness (QED) is 0.528. The normalized spacial score (nSPS) is 10.7. The SMILES string of the molecule is CC(C)c1ncc(NN)c(C(=O)NCCn2ccnc2)n1. The molecule has 2 rings (SSSR count). The zero-order valence-electron chi connectivity index (χ0n) is 12.1. The molecule has 0 fully saturated rings. The summed E-state index contributed by atoms with van der Waals surface area (Å²) in [4.78, 5) is 24.6. The lowest BCUT2D eigenvalue weighted by atomic mass is 10.2. The molecular weight excluding hydrogens is 270 g/mol. The van der Waals surface area contributed by atoms with Crippen LogP contribution in [-0.4, -0.2) is 32.0 Å². The van der Waals surface area contributed by atoms with E-state index in [0.29, 0.717) is 24.6 Å². The van der Waals surface area contributed by atoms with Gasteiger partial charge in [0.2, 0.25) is 0 Å². The number of hydrogen-bond acceptors (Lipinski definition) is 6. The molecule has 0 radical (unpaired) electrons. The van der Waals surface area contributed by atoms with Gasteiger partial charge in [-0.05, 0) is 0 Å². The minimum atomic E-state index is -0.285. The maximum atomic E-state index is 12.2. The molecule has 0 aliphatic heterocycles. The van der Waals surface area contributed by atoms with Gasteiger partial charge in [-0.1, -0.05) is 13.8 Å². The number of imidazole rings is 1. The van der Waals surface area contributed by atoms with Crippen LogP contribution in [0.5, 0.6) is 0 Å². The number of anilines is 1. The van der Waals surface area contributed by atoms with Gasteiger partial charge in [-0.15, -0.1) is 0 Å². The number of nitrogens with zero attached hydrogens (tertiary/aromatic N) is 4. The van der Waals surface area contributed by atoms with Crippen molar-refractivity contribution < 1.29 is 4.79 Å². The largest absolute Gasteiger partial charge is 0.349 e. The highest BCUT2D eigenvalue weighted by atomic mass is 16.1. The molecule has 8 nitrogen and oxygen atoms in total. The van der Waals surface area contributed by atoms with Gasteiger partial charge in [-0.3, -0.25) is 10.6 Å². The van der Waals surface area contributed by atoms with E-state index in [4.69, 9.17) is 5.84 Å². The lowest BCUT2D eigenvalue weighted by Crippen LogP contribution is -2.29. The van der Waals surface area contributed by atoms with E-state index in [1.807, 2.05) is 24.6 Å². The zero-order chi connectivity index (χ0) is 15.2. The Kier molecular flexibility index (Phi) is 4.83. The fourth-order valence-electron chi connectivity index (χ4n) is 1.75. The Hall–Kier alpha value is -2.48. The summed E-state index contributed by atoms with van der Waals surface area (Å²) in [6.07, 6.45) is 6.74. The topological polar surface area (TPSA) is 111 Å². The van der Waals surface area contributed by atoms with Crippen molar-refractivity contribution in [1.29, 1.82) is 0 Å². The number of rotatable bonds is 6. The van der Waals surface area contributed by atoms with E-state index < -0.39 is 0 Å². The van der Waals surface area contributed by atoms with E-state index in [1.54, 1.807) is 12.5 Å². The van der Waals surface area contributed by atoms with Crippen molar-refractivity contribution in [1.82, 2.24) is 24.8 Å². The molecule has 0 aliphatic rings. The second-order valence-electron chi connectivity index (χ2n) is 4.85. The third-order valence-corrected chi connectivity index (χ3v) is 2.91. The Morgan fingerprint density at radius 1 is 1.48 bits per heavy atom. The monoisotopic (exact) mass is 289 g/mol. The zero-order valence-corrected chi connectivity index (χ0v) is 12.1. The highest BCUT2D eigenvalue weighted by Gasteiger charge is 2.15. The molecule has 0 aliphatic carbocycles. The highest BCUT2D eigenvalue weighted by molar-refractivity contribution is 5.97. The predicted molar refractivity (Wildman–Crippen MR) is 78.5 cm³/mol. The van der Waals surface area contributed by atoms with Crippen LogP contribution in [0, 0.1) is 0 Å². The van der Waals surface area contributed by atoms with Crippen LogP contribution in [0.1, 0.15) is 36.1 Å². The van der Waals surface area contributed by atoms with E-state index in [9.17, 15) is 4.79 Å². The van der Waals surface area contributed by atoms with Crippen molar-refractivity contribution in [3.63, 3.8) is 0 Å². The first-order valence-electron chi connectivity index (χ1n) is 6.69. The molecule has 4 N–H and O–H groups in total. The van der Waals surface area contributed by atoms with Gasteiger partial charge in [0.15, 0.2) is 5.69 Å². The van der Waals surface area contributed by atoms with Gasteiger partial charge >= 0.3 is 0 Å². The van der Waals surface area contributed by atoms with E-state index in [-0.39, 0.29) is 17.5 Å². The first-order chi connectivity index (χ1) is 10.1. The molecule has 0 unspecified atom stereocenters. The van der Waals surface area contributed by atoms with Crippen molar-refractivity contribution >= 4 is 11.6 Å². The molecule has 0 bridgehead atoms. The lowest BCUT2D eigenvalue weighted by Gasteiger charge is -2.11. The van der Waals surface area contributed by atoms with Crippen molar-refractivity contribution in [2.24, 2.45) is 5.84 Å². The van der Waals surface area contributed by atoms with Crippen LogP contribution in [0.4, 0.5) is 5.69 Å². The van der Waals surface area contributed by atoms with E-state index in [1.165, 1.54) is 6.20 Å². The summed E-state index contributed by atoms with van der Waals surface area (Å²) in [6.45, 7) is 5.04. The second-order valence-corrected chi connectivity index (χ2v) is 4.85. The molecule has 1 amide bonds. The number of nitrogen functional groups attached to an aromatic ring is 1. The molecule has 21 heavy (non-hydrogen) atoms. The van der Waals surface area contributed by atoms with Crippen molar-refractivity contribution in [3.8, 4) is 0 Å². The van der Waals surface area contributed by atoms with Gasteiger partial charge < -0.3 is 15.3 Å². The third kappa shape index (κ3) is 3.76. The molecular formula is C13H19N7O. The summed E-state index contributed by atoms with van der Waals surface area (Å²) in [5.41, 5.74) is 3.10.